The zero-order valence-corrected chi connectivity index (χ0v) is 10.3. The van der Waals surface area contributed by atoms with E-state index in [4.69, 9.17) is 4.74 Å². The lowest BCUT2D eigenvalue weighted by molar-refractivity contribution is 0.433. The highest BCUT2D eigenvalue weighted by atomic mass is 32.1. The lowest BCUT2D eigenvalue weighted by Gasteiger charge is -2.03. The summed E-state index contributed by atoms with van der Waals surface area (Å²) >= 11 is 1.29. The third kappa shape index (κ3) is 2.78. The van der Waals surface area contributed by atoms with Gasteiger partial charge >= 0.3 is 0 Å². The van der Waals surface area contributed by atoms with E-state index in [1.165, 1.54) is 11.3 Å². The van der Waals surface area contributed by atoms with Crippen LogP contribution in [0.5, 0.6) is 10.9 Å². The van der Waals surface area contributed by atoms with Crippen molar-refractivity contribution in [2.45, 2.75) is 13.5 Å². The number of nitrogens with zero attached hydrogens (tertiary/aromatic N) is 2. The molecule has 6 heteroatoms. The predicted molar refractivity (Wildman–Crippen MR) is 63.9 cm³/mol. The van der Waals surface area contributed by atoms with Crippen molar-refractivity contribution < 1.29 is 9.13 Å². The first-order valence-corrected chi connectivity index (χ1v) is 5.92. The topological polar surface area (TPSA) is 47.0 Å². The van der Waals surface area contributed by atoms with Gasteiger partial charge in [-0.15, -0.1) is 5.10 Å². The molecule has 0 aliphatic heterocycles. The average molecular weight is 253 g/mol. The fourth-order valence-electron chi connectivity index (χ4n) is 1.30. The minimum atomic E-state index is -0.363. The molecular weight excluding hydrogens is 241 g/mol. The van der Waals surface area contributed by atoms with Crippen LogP contribution in [-0.2, 0) is 6.54 Å². The monoisotopic (exact) mass is 253 g/mol. The van der Waals surface area contributed by atoms with Crippen LogP contribution in [0.2, 0.25) is 0 Å². The van der Waals surface area contributed by atoms with Crippen molar-refractivity contribution in [1.82, 2.24) is 15.5 Å². The first-order valence-electron chi connectivity index (χ1n) is 5.10. The van der Waals surface area contributed by atoms with E-state index in [0.717, 1.165) is 5.01 Å². The number of halogens is 1. The van der Waals surface area contributed by atoms with Gasteiger partial charge in [-0.25, -0.2) is 4.39 Å². The van der Waals surface area contributed by atoms with E-state index in [1.54, 1.807) is 25.1 Å². The second kappa shape index (κ2) is 5.20. The molecule has 0 atom stereocenters. The molecule has 0 amide bonds. The van der Waals surface area contributed by atoms with Gasteiger partial charge in [-0.2, -0.15) is 0 Å². The van der Waals surface area contributed by atoms with Gasteiger partial charge in [-0.3, -0.25) is 0 Å². The van der Waals surface area contributed by atoms with E-state index in [-0.39, 0.29) is 11.6 Å². The maximum atomic E-state index is 13.7. The van der Waals surface area contributed by atoms with Gasteiger partial charge in [-0.05, 0) is 25.6 Å². The first kappa shape index (κ1) is 11.9. The van der Waals surface area contributed by atoms with Crippen LogP contribution < -0.4 is 10.1 Å². The minimum absolute atomic E-state index is 0.178. The second-order valence-corrected chi connectivity index (χ2v) is 4.51. The van der Waals surface area contributed by atoms with Crippen molar-refractivity contribution in [3.05, 3.63) is 34.6 Å². The second-order valence-electron chi connectivity index (χ2n) is 3.48. The number of nitrogens with one attached hydrogen (secondary N) is 1. The van der Waals surface area contributed by atoms with Crippen molar-refractivity contribution in [2.24, 2.45) is 0 Å². The van der Waals surface area contributed by atoms with Crippen molar-refractivity contribution in [1.29, 1.82) is 0 Å². The number of hydrogen-bond acceptors (Lipinski definition) is 5. The fraction of sp³-hybridized carbons (Fsp3) is 0.273. The molecule has 0 fully saturated rings. The number of aromatic nitrogens is 2. The summed E-state index contributed by atoms with van der Waals surface area (Å²) in [4.78, 5) is 0. The Labute approximate surface area is 102 Å². The Morgan fingerprint density at radius 1 is 1.41 bits per heavy atom. The highest BCUT2D eigenvalue weighted by Crippen LogP contribution is 2.28. The maximum absolute atomic E-state index is 13.7. The Bertz CT molecular complexity index is 515. The van der Waals surface area contributed by atoms with Gasteiger partial charge in [0.15, 0.2) is 11.6 Å². The number of rotatable bonds is 4. The van der Waals surface area contributed by atoms with Gasteiger partial charge in [0.2, 0.25) is 0 Å². The molecule has 0 spiro atoms. The molecule has 1 aromatic heterocycles. The molecule has 17 heavy (non-hydrogen) atoms. The van der Waals surface area contributed by atoms with Gasteiger partial charge in [0, 0.05) is 6.54 Å². The molecule has 0 saturated carbocycles. The first-order chi connectivity index (χ1) is 8.20. The summed E-state index contributed by atoms with van der Waals surface area (Å²) in [6, 6.07) is 5.00. The Morgan fingerprint density at radius 2 is 2.24 bits per heavy atom. The van der Waals surface area contributed by atoms with E-state index < -0.39 is 0 Å². The highest BCUT2D eigenvalue weighted by molar-refractivity contribution is 7.13. The summed E-state index contributed by atoms with van der Waals surface area (Å²) in [5, 5.41) is 11.9. The molecule has 0 saturated heterocycles. The van der Waals surface area contributed by atoms with Gasteiger partial charge < -0.3 is 10.1 Å². The normalized spacial score (nSPS) is 10.5. The lowest BCUT2D eigenvalue weighted by Crippen LogP contribution is -2.04. The number of aryl methyl sites for hydroxylation is 1. The molecular formula is C11H12FN3OS. The molecule has 90 valence electrons. The molecule has 4 nitrogen and oxygen atoms in total. The fourth-order valence-corrected chi connectivity index (χ4v) is 2.01. The summed E-state index contributed by atoms with van der Waals surface area (Å²) in [5.41, 5.74) is 0.544. The summed E-state index contributed by atoms with van der Waals surface area (Å²) < 4.78 is 19.0. The van der Waals surface area contributed by atoms with Gasteiger partial charge in [0.25, 0.3) is 5.19 Å². The molecule has 0 unspecified atom stereocenters. The molecule has 0 bridgehead atoms. The van der Waals surface area contributed by atoms with Crippen LogP contribution in [0.25, 0.3) is 0 Å². The smallest absolute Gasteiger partial charge is 0.299 e. The van der Waals surface area contributed by atoms with Crippen molar-refractivity contribution in [3.8, 4) is 10.9 Å². The van der Waals surface area contributed by atoms with E-state index in [1.807, 2.05) is 7.05 Å². The Kier molecular flexibility index (Phi) is 3.65. The third-order valence-corrected chi connectivity index (χ3v) is 2.93. The number of ether oxygens (including phenoxy) is 1. The number of hydrogen-bond donors (Lipinski definition) is 1. The van der Waals surface area contributed by atoms with Crippen LogP contribution in [0.15, 0.2) is 18.2 Å². The predicted octanol–water partition coefficient (Wildman–Crippen LogP) is 2.50. The summed E-state index contributed by atoms with van der Waals surface area (Å²) in [7, 11) is 1.82. The summed E-state index contributed by atoms with van der Waals surface area (Å²) in [6.45, 7) is 2.31. The summed E-state index contributed by atoms with van der Waals surface area (Å²) in [6.07, 6.45) is 0. The lowest BCUT2D eigenvalue weighted by atomic mass is 10.2. The van der Waals surface area contributed by atoms with Crippen LogP contribution in [0.3, 0.4) is 0 Å². The van der Waals surface area contributed by atoms with Gasteiger partial charge in [0.1, 0.15) is 5.01 Å². The van der Waals surface area contributed by atoms with E-state index >= 15 is 0 Å². The molecule has 2 aromatic rings. The molecule has 0 aliphatic rings. The Balaban J connectivity index is 2.16. The molecule has 1 aromatic carbocycles. The molecule has 0 aliphatic carbocycles. The quantitative estimate of drug-likeness (QED) is 0.909. The van der Waals surface area contributed by atoms with Crippen molar-refractivity contribution >= 4 is 11.3 Å². The number of benzene rings is 1. The SMILES string of the molecule is CNCc1nnc(Oc2cccc(C)c2F)s1. The Morgan fingerprint density at radius 3 is 3.00 bits per heavy atom. The highest BCUT2D eigenvalue weighted by Gasteiger charge is 2.10. The van der Waals surface area contributed by atoms with Crippen molar-refractivity contribution in [2.75, 3.05) is 7.05 Å². The molecule has 2 rings (SSSR count). The van der Waals surface area contributed by atoms with Gasteiger partial charge in [0.05, 0.1) is 0 Å². The standard InChI is InChI=1S/C11H12FN3OS/c1-7-4-3-5-8(10(7)12)16-11-15-14-9(17-11)6-13-2/h3-5,13H,6H2,1-2H3. The molecule has 1 heterocycles. The van der Waals surface area contributed by atoms with Crippen LogP contribution in [0.1, 0.15) is 10.6 Å². The van der Waals surface area contributed by atoms with E-state index in [0.29, 0.717) is 17.3 Å². The third-order valence-electron chi connectivity index (χ3n) is 2.13. The van der Waals surface area contributed by atoms with Crippen LogP contribution in [0, 0.1) is 12.7 Å². The zero-order valence-electron chi connectivity index (χ0n) is 9.53. The van der Waals surface area contributed by atoms with Gasteiger partial charge in [-0.1, -0.05) is 28.6 Å². The maximum Gasteiger partial charge on any atom is 0.299 e. The largest absolute Gasteiger partial charge is 0.427 e. The van der Waals surface area contributed by atoms with Crippen LogP contribution >= 0.6 is 11.3 Å². The van der Waals surface area contributed by atoms with E-state index in [2.05, 4.69) is 15.5 Å². The molecule has 1 N–H and O–H groups in total. The van der Waals surface area contributed by atoms with E-state index in [9.17, 15) is 4.39 Å². The average Bonchev–Trinajstić information content (AvgIpc) is 2.73. The summed E-state index contributed by atoms with van der Waals surface area (Å²) in [5.74, 6) is -0.185. The zero-order chi connectivity index (χ0) is 12.3. The van der Waals surface area contributed by atoms with Crippen molar-refractivity contribution in [3.63, 3.8) is 0 Å². The van der Waals surface area contributed by atoms with Crippen LogP contribution in [0.4, 0.5) is 4.39 Å². The minimum Gasteiger partial charge on any atom is -0.427 e. The Hall–Kier alpha value is -1.53. The molecule has 0 radical (unpaired) electrons. The van der Waals surface area contributed by atoms with Crippen LogP contribution in [-0.4, -0.2) is 17.2 Å².